The molecule has 6 heteroatoms. The molecule has 0 aliphatic carbocycles. The van der Waals surface area contributed by atoms with E-state index in [0.717, 1.165) is 50.1 Å². The third-order valence-corrected chi connectivity index (χ3v) is 8.25. The van der Waals surface area contributed by atoms with E-state index < -0.39 is 0 Å². The Morgan fingerprint density at radius 1 is 0.245 bits per heavy atom. The summed E-state index contributed by atoms with van der Waals surface area (Å²) >= 11 is 0. The number of aryl methyl sites for hydroxylation is 1. The molecule has 0 spiro atoms. The van der Waals surface area contributed by atoms with Gasteiger partial charge in [-0.05, 0) is 47.4 Å². The first-order chi connectivity index (χ1) is 24.2. The van der Waals surface area contributed by atoms with Gasteiger partial charge in [-0.1, -0.05) is 146 Å². The van der Waals surface area contributed by atoms with Crippen LogP contribution in [0.5, 0.6) is 0 Å². The lowest BCUT2D eigenvalue weighted by molar-refractivity contribution is 0.992. The monoisotopic (exact) mass is 630 g/mol. The highest BCUT2D eigenvalue weighted by molar-refractivity contribution is 5.81. The highest BCUT2D eigenvalue weighted by Gasteiger charge is 2.15. The number of aromatic nitrogens is 6. The van der Waals surface area contributed by atoms with Crippen molar-refractivity contribution >= 4 is 0 Å². The van der Waals surface area contributed by atoms with Gasteiger partial charge < -0.3 is 0 Å². The molecule has 0 aliphatic rings. The largest absolute Gasteiger partial charge is 0.213 e. The van der Waals surface area contributed by atoms with E-state index in [9.17, 15) is 0 Å². The zero-order chi connectivity index (χ0) is 33.0. The van der Waals surface area contributed by atoms with Crippen LogP contribution in [-0.2, 0) is 0 Å². The maximum absolute atomic E-state index is 5.02. The lowest BCUT2D eigenvalue weighted by Gasteiger charge is -2.13. The Bertz CT molecular complexity index is 2300. The quantitative estimate of drug-likeness (QED) is 0.174. The van der Waals surface area contributed by atoms with Gasteiger partial charge in [0, 0.05) is 27.8 Å². The van der Waals surface area contributed by atoms with E-state index in [0.29, 0.717) is 34.9 Å². The molecule has 2 aromatic heterocycles. The van der Waals surface area contributed by atoms with Gasteiger partial charge in [-0.3, -0.25) is 0 Å². The van der Waals surface area contributed by atoms with Crippen molar-refractivity contribution in [2.24, 2.45) is 0 Å². The van der Waals surface area contributed by atoms with Crippen molar-refractivity contribution in [3.8, 4) is 79.2 Å². The highest BCUT2D eigenvalue weighted by atomic mass is 15.0. The number of benzene rings is 6. The molecule has 6 nitrogen and oxygen atoms in total. The van der Waals surface area contributed by atoms with E-state index in [4.69, 9.17) is 19.9 Å². The van der Waals surface area contributed by atoms with Gasteiger partial charge in [0.1, 0.15) is 5.82 Å². The van der Waals surface area contributed by atoms with Gasteiger partial charge in [-0.2, -0.15) is 0 Å². The van der Waals surface area contributed by atoms with Crippen LogP contribution in [0.1, 0.15) is 5.82 Å². The molecule has 0 unspecified atom stereocenters. The summed E-state index contributed by atoms with van der Waals surface area (Å²) in [5, 5.41) is 0. The third kappa shape index (κ3) is 6.48. The Balaban J connectivity index is 1.24. The minimum Gasteiger partial charge on any atom is -0.213 e. The standard InChI is InChI=1S/C43H30N6/c1-29-44-39(32-16-8-3-9-17-32)46-40(45-29)35-24-22-31(23-25-35)37-26-36(30-14-6-2-7-15-30)27-38(28-37)43-48-41(33-18-10-4-11-19-33)47-42(49-43)34-20-12-5-13-21-34/h2-28H,1H3. The summed E-state index contributed by atoms with van der Waals surface area (Å²) in [5.74, 6) is 3.84. The molecule has 0 fully saturated rings. The maximum Gasteiger partial charge on any atom is 0.164 e. The first-order valence-corrected chi connectivity index (χ1v) is 16.1. The van der Waals surface area contributed by atoms with Crippen LogP contribution in [-0.4, -0.2) is 29.9 Å². The number of hydrogen-bond acceptors (Lipinski definition) is 6. The van der Waals surface area contributed by atoms with Gasteiger partial charge in [0.25, 0.3) is 0 Å². The van der Waals surface area contributed by atoms with Gasteiger partial charge in [0.15, 0.2) is 29.1 Å². The van der Waals surface area contributed by atoms with Crippen molar-refractivity contribution in [2.45, 2.75) is 6.92 Å². The van der Waals surface area contributed by atoms with Crippen LogP contribution in [0.15, 0.2) is 164 Å². The number of rotatable bonds is 7. The zero-order valence-electron chi connectivity index (χ0n) is 26.8. The summed E-state index contributed by atoms with van der Waals surface area (Å²) in [6.07, 6.45) is 0. The summed E-state index contributed by atoms with van der Waals surface area (Å²) in [6.45, 7) is 1.90. The second kappa shape index (κ2) is 13.2. The van der Waals surface area contributed by atoms with Crippen LogP contribution in [0.4, 0.5) is 0 Å². The van der Waals surface area contributed by atoms with Crippen molar-refractivity contribution in [1.29, 1.82) is 0 Å². The minimum absolute atomic E-state index is 0.609. The van der Waals surface area contributed by atoms with E-state index in [1.165, 1.54) is 0 Å². The Hall–Kier alpha value is -6.66. The third-order valence-electron chi connectivity index (χ3n) is 8.25. The smallest absolute Gasteiger partial charge is 0.164 e. The van der Waals surface area contributed by atoms with Crippen molar-refractivity contribution in [3.05, 3.63) is 170 Å². The minimum atomic E-state index is 0.609. The lowest BCUT2D eigenvalue weighted by Crippen LogP contribution is -2.00. The van der Waals surface area contributed by atoms with Gasteiger partial charge >= 0.3 is 0 Å². The average Bonchev–Trinajstić information content (AvgIpc) is 3.19. The average molecular weight is 631 g/mol. The zero-order valence-corrected chi connectivity index (χ0v) is 26.8. The molecule has 0 N–H and O–H groups in total. The molecule has 0 saturated heterocycles. The molecule has 0 amide bonds. The van der Waals surface area contributed by atoms with Gasteiger partial charge in [-0.25, -0.2) is 29.9 Å². The molecule has 8 aromatic rings. The summed E-state index contributed by atoms with van der Waals surface area (Å²) in [4.78, 5) is 29.0. The number of hydrogen-bond donors (Lipinski definition) is 0. The molecule has 0 saturated carbocycles. The van der Waals surface area contributed by atoms with E-state index in [1.807, 2.05) is 104 Å². The maximum atomic E-state index is 5.02. The normalized spacial score (nSPS) is 11.0. The molecule has 0 radical (unpaired) electrons. The summed E-state index contributed by atoms with van der Waals surface area (Å²) < 4.78 is 0. The fraction of sp³-hybridized carbons (Fsp3) is 0.0233. The van der Waals surface area contributed by atoms with Crippen LogP contribution < -0.4 is 0 Å². The molecular weight excluding hydrogens is 601 g/mol. The highest BCUT2D eigenvalue weighted by Crippen LogP contribution is 2.34. The van der Waals surface area contributed by atoms with Crippen LogP contribution in [0.25, 0.3) is 79.2 Å². The molecule has 6 aromatic carbocycles. The number of nitrogens with zero attached hydrogens (tertiary/aromatic N) is 6. The Morgan fingerprint density at radius 2 is 0.510 bits per heavy atom. The van der Waals surface area contributed by atoms with Crippen LogP contribution in [0.2, 0.25) is 0 Å². The van der Waals surface area contributed by atoms with E-state index in [2.05, 4.69) is 76.7 Å². The van der Waals surface area contributed by atoms with E-state index in [-0.39, 0.29) is 0 Å². The van der Waals surface area contributed by atoms with Gasteiger partial charge in [0.05, 0.1) is 0 Å². The molecular formula is C43H30N6. The predicted molar refractivity (Wildman–Crippen MR) is 196 cm³/mol. The van der Waals surface area contributed by atoms with Crippen molar-refractivity contribution < 1.29 is 0 Å². The van der Waals surface area contributed by atoms with Crippen LogP contribution >= 0.6 is 0 Å². The second-order valence-electron chi connectivity index (χ2n) is 11.7. The molecule has 49 heavy (non-hydrogen) atoms. The van der Waals surface area contributed by atoms with Crippen molar-refractivity contribution in [1.82, 2.24) is 29.9 Å². The molecule has 0 aliphatic heterocycles. The van der Waals surface area contributed by atoms with Gasteiger partial charge in [0.2, 0.25) is 0 Å². The van der Waals surface area contributed by atoms with E-state index in [1.54, 1.807) is 0 Å². The molecule has 0 bridgehead atoms. The molecule has 232 valence electrons. The second-order valence-corrected chi connectivity index (χ2v) is 11.7. The lowest BCUT2D eigenvalue weighted by atomic mass is 9.95. The summed E-state index contributed by atoms with van der Waals surface area (Å²) in [7, 11) is 0. The van der Waals surface area contributed by atoms with Crippen LogP contribution in [0, 0.1) is 6.92 Å². The Morgan fingerprint density at radius 3 is 0.918 bits per heavy atom. The SMILES string of the molecule is Cc1nc(-c2ccccc2)nc(-c2ccc(-c3cc(-c4ccccc4)cc(-c4nc(-c5ccccc5)nc(-c5ccccc5)n4)c3)cc2)n1. The fourth-order valence-corrected chi connectivity index (χ4v) is 5.80. The first-order valence-electron chi connectivity index (χ1n) is 16.1. The van der Waals surface area contributed by atoms with Crippen molar-refractivity contribution in [2.75, 3.05) is 0 Å². The molecule has 2 heterocycles. The molecule has 0 atom stereocenters. The fourth-order valence-electron chi connectivity index (χ4n) is 5.80. The predicted octanol–water partition coefficient (Wildman–Crippen LogP) is 10.0. The summed E-state index contributed by atoms with van der Waals surface area (Å²) in [6, 6.07) is 55.4. The summed E-state index contributed by atoms with van der Waals surface area (Å²) in [5.41, 5.74) is 8.92. The Labute approximate surface area is 285 Å². The van der Waals surface area contributed by atoms with Crippen molar-refractivity contribution in [3.63, 3.8) is 0 Å². The topological polar surface area (TPSA) is 77.3 Å². The molecule has 8 rings (SSSR count). The van der Waals surface area contributed by atoms with Gasteiger partial charge in [-0.15, -0.1) is 0 Å². The Kier molecular flexibility index (Phi) is 8.02. The van der Waals surface area contributed by atoms with E-state index >= 15 is 0 Å². The first kappa shape index (κ1) is 29.7. The van der Waals surface area contributed by atoms with Crippen LogP contribution in [0.3, 0.4) is 0 Å².